The van der Waals surface area contributed by atoms with E-state index in [0.29, 0.717) is 6.04 Å². The molecule has 0 bridgehead atoms. The van der Waals surface area contributed by atoms with Crippen LogP contribution in [0.2, 0.25) is 0 Å². The lowest BCUT2D eigenvalue weighted by Gasteiger charge is -2.26. The summed E-state index contributed by atoms with van der Waals surface area (Å²) in [6.45, 7) is 2.38. The second kappa shape index (κ2) is 7.13. The van der Waals surface area contributed by atoms with Gasteiger partial charge in [-0.05, 0) is 31.6 Å². The minimum Gasteiger partial charge on any atom is -0.384 e. The summed E-state index contributed by atoms with van der Waals surface area (Å²) in [5.41, 5.74) is 0. The largest absolute Gasteiger partial charge is 0.384 e. The molecule has 90 valence electrons. The summed E-state index contributed by atoms with van der Waals surface area (Å²) in [4.78, 5) is 11.4. The van der Waals surface area contributed by atoms with Gasteiger partial charge >= 0.3 is 6.03 Å². The molecule has 0 spiro atoms. The highest BCUT2D eigenvalue weighted by atomic mass is 16.2. The molecule has 4 heteroatoms. The number of amides is 2. The molecule has 1 rings (SSSR count). The number of urea groups is 1. The molecule has 1 aliphatic carbocycles. The van der Waals surface area contributed by atoms with Crippen LogP contribution in [-0.4, -0.2) is 30.3 Å². The molecule has 0 aromatic carbocycles. The van der Waals surface area contributed by atoms with Crippen LogP contribution in [0.3, 0.4) is 0 Å². The Bertz CT molecular complexity index is 272. The summed E-state index contributed by atoms with van der Waals surface area (Å²) < 4.78 is 0. The van der Waals surface area contributed by atoms with Gasteiger partial charge in [0.2, 0.25) is 0 Å². The maximum Gasteiger partial charge on any atom is 0.315 e. The molecule has 2 amide bonds. The van der Waals surface area contributed by atoms with Gasteiger partial charge in [-0.15, -0.1) is 0 Å². The van der Waals surface area contributed by atoms with E-state index in [-0.39, 0.29) is 19.2 Å². The van der Waals surface area contributed by atoms with E-state index in [2.05, 4.69) is 29.4 Å². The fourth-order valence-electron chi connectivity index (χ4n) is 1.88. The summed E-state index contributed by atoms with van der Waals surface area (Å²) in [5, 5.41) is 14.0. The molecule has 16 heavy (non-hydrogen) atoms. The molecule has 0 radical (unpaired) electrons. The van der Waals surface area contributed by atoms with E-state index in [4.69, 9.17) is 5.11 Å². The van der Waals surface area contributed by atoms with Crippen molar-refractivity contribution in [2.24, 2.45) is 5.92 Å². The Labute approximate surface area is 96.8 Å². The van der Waals surface area contributed by atoms with Gasteiger partial charge in [0.1, 0.15) is 6.61 Å². The minimum absolute atomic E-state index is 0.160. The second-order valence-corrected chi connectivity index (χ2v) is 4.30. The average molecular weight is 224 g/mol. The number of hydrogen-bond acceptors (Lipinski definition) is 2. The molecule has 0 heterocycles. The van der Waals surface area contributed by atoms with Gasteiger partial charge in [-0.3, -0.25) is 0 Å². The fraction of sp³-hybridized carbons (Fsp3) is 0.750. The lowest BCUT2D eigenvalue weighted by molar-refractivity contribution is 0.229. The molecular formula is C12H20N2O2. The first kappa shape index (κ1) is 12.9. The molecule has 4 nitrogen and oxygen atoms in total. The summed E-state index contributed by atoms with van der Waals surface area (Å²) in [6, 6.07) is 0.147. The SMILES string of the molecule is CC1CCC(NC(=O)NCC#CCO)CC1. The smallest absolute Gasteiger partial charge is 0.315 e. The Morgan fingerprint density at radius 1 is 1.31 bits per heavy atom. The van der Waals surface area contributed by atoms with E-state index < -0.39 is 0 Å². The number of carbonyl (C=O) groups excluding carboxylic acids is 1. The maximum atomic E-state index is 11.4. The molecule has 3 N–H and O–H groups in total. The molecule has 1 saturated carbocycles. The zero-order valence-corrected chi connectivity index (χ0v) is 9.75. The van der Waals surface area contributed by atoms with Crippen molar-refractivity contribution in [3.63, 3.8) is 0 Å². The van der Waals surface area contributed by atoms with E-state index in [1.807, 2.05) is 0 Å². The second-order valence-electron chi connectivity index (χ2n) is 4.30. The van der Waals surface area contributed by atoms with E-state index in [9.17, 15) is 4.79 Å². The number of nitrogens with one attached hydrogen (secondary N) is 2. The van der Waals surface area contributed by atoms with Crippen molar-refractivity contribution in [3.05, 3.63) is 0 Å². The average Bonchev–Trinajstić information content (AvgIpc) is 2.28. The van der Waals surface area contributed by atoms with Gasteiger partial charge in [0.25, 0.3) is 0 Å². The highest BCUT2D eigenvalue weighted by molar-refractivity contribution is 5.74. The standard InChI is InChI=1S/C12H20N2O2/c1-10-4-6-11(7-5-10)14-12(16)13-8-2-3-9-15/h10-11,15H,4-9H2,1H3,(H2,13,14,16). The van der Waals surface area contributed by atoms with Crippen LogP contribution in [0.5, 0.6) is 0 Å². The fourth-order valence-corrected chi connectivity index (χ4v) is 1.88. The molecule has 0 aliphatic heterocycles. The van der Waals surface area contributed by atoms with Crippen LogP contribution >= 0.6 is 0 Å². The maximum absolute atomic E-state index is 11.4. The van der Waals surface area contributed by atoms with E-state index in [1.54, 1.807) is 0 Å². The first-order valence-corrected chi connectivity index (χ1v) is 5.83. The molecule has 1 aliphatic rings. The van der Waals surface area contributed by atoms with Gasteiger partial charge < -0.3 is 15.7 Å². The van der Waals surface area contributed by atoms with Gasteiger partial charge in [0, 0.05) is 6.04 Å². The van der Waals surface area contributed by atoms with Crippen LogP contribution in [0.25, 0.3) is 0 Å². The first-order chi connectivity index (χ1) is 7.72. The van der Waals surface area contributed by atoms with E-state index >= 15 is 0 Å². The topological polar surface area (TPSA) is 61.4 Å². The summed E-state index contributed by atoms with van der Waals surface area (Å²) in [7, 11) is 0. The van der Waals surface area contributed by atoms with Crippen molar-refractivity contribution in [1.82, 2.24) is 10.6 Å². The molecule has 1 fully saturated rings. The van der Waals surface area contributed by atoms with Crippen molar-refractivity contribution < 1.29 is 9.90 Å². The van der Waals surface area contributed by atoms with Crippen molar-refractivity contribution in [2.45, 2.75) is 38.6 Å². The van der Waals surface area contributed by atoms with Crippen LogP contribution < -0.4 is 10.6 Å². The highest BCUT2D eigenvalue weighted by Gasteiger charge is 2.19. The predicted molar refractivity (Wildman–Crippen MR) is 62.8 cm³/mol. The van der Waals surface area contributed by atoms with Crippen molar-refractivity contribution in [2.75, 3.05) is 13.2 Å². The zero-order chi connectivity index (χ0) is 11.8. The lowest BCUT2D eigenvalue weighted by atomic mass is 9.87. The Morgan fingerprint density at radius 2 is 2.00 bits per heavy atom. The van der Waals surface area contributed by atoms with Crippen LogP contribution in [0.1, 0.15) is 32.6 Å². The third kappa shape index (κ3) is 5.04. The quantitative estimate of drug-likeness (QED) is 0.609. The third-order valence-corrected chi connectivity index (χ3v) is 2.89. The van der Waals surface area contributed by atoms with Crippen LogP contribution in [0, 0.1) is 17.8 Å². The minimum atomic E-state index is -0.163. The molecule has 0 atom stereocenters. The van der Waals surface area contributed by atoms with Gasteiger partial charge in [-0.25, -0.2) is 4.79 Å². The Balaban J connectivity index is 2.14. The predicted octanol–water partition coefficient (Wildman–Crippen LogP) is 0.860. The summed E-state index contributed by atoms with van der Waals surface area (Å²) >= 11 is 0. The molecule has 0 unspecified atom stereocenters. The number of aliphatic hydroxyl groups excluding tert-OH is 1. The van der Waals surface area contributed by atoms with E-state index in [1.165, 1.54) is 12.8 Å². The van der Waals surface area contributed by atoms with Crippen LogP contribution in [0.15, 0.2) is 0 Å². The van der Waals surface area contributed by atoms with Crippen molar-refractivity contribution in [3.8, 4) is 11.8 Å². The molecule has 0 aromatic rings. The summed E-state index contributed by atoms with van der Waals surface area (Å²) in [5.74, 6) is 5.90. The third-order valence-electron chi connectivity index (χ3n) is 2.89. The number of hydrogen-bond donors (Lipinski definition) is 3. The molecule has 0 aromatic heterocycles. The van der Waals surface area contributed by atoms with Gasteiger partial charge in [-0.2, -0.15) is 0 Å². The molecule has 0 saturated heterocycles. The van der Waals surface area contributed by atoms with Crippen LogP contribution in [0.4, 0.5) is 4.79 Å². The Kier molecular flexibility index (Phi) is 5.73. The van der Waals surface area contributed by atoms with E-state index in [0.717, 1.165) is 18.8 Å². The van der Waals surface area contributed by atoms with Gasteiger partial charge in [0.15, 0.2) is 0 Å². The van der Waals surface area contributed by atoms with Gasteiger partial charge in [0.05, 0.1) is 6.54 Å². The Hall–Kier alpha value is -1.21. The van der Waals surface area contributed by atoms with Crippen molar-refractivity contribution in [1.29, 1.82) is 0 Å². The zero-order valence-electron chi connectivity index (χ0n) is 9.75. The first-order valence-electron chi connectivity index (χ1n) is 5.83. The number of aliphatic hydroxyl groups is 1. The Morgan fingerprint density at radius 3 is 2.62 bits per heavy atom. The summed E-state index contributed by atoms with van der Waals surface area (Å²) in [6.07, 6.45) is 4.51. The lowest BCUT2D eigenvalue weighted by Crippen LogP contribution is -2.43. The normalized spacial score (nSPS) is 24.1. The number of carbonyl (C=O) groups is 1. The molecular weight excluding hydrogens is 204 g/mol. The van der Waals surface area contributed by atoms with Gasteiger partial charge in [-0.1, -0.05) is 18.8 Å². The highest BCUT2D eigenvalue weighted by Crippen LogP contribution is 2.23. The van der Waals surface area contributed by atoms with Crippen molar-refractivity contribution >= 4 is 6.03 Å². The van der Waals surface area contributed by atoms with Crippen LogP contribution in [-0.2, 0) is 0 Å². The number of rotatable bonds is 2. The monoisotopic (exact) mass is 224 g/mol.